The summed E-state index contributed by atoms with van der Waals surface area (Å²) < 4.78 is 68.9. The van der Waals surface area contributed by atoms with Crippen molar-refractivity contribution in [2.45, 2.75) is 29.9 Å². The average Bonchev–Trinajstić information content (AvgIpc) is 2.52. The van der Waals surface area contributed by atoms with Crippen LogP contribution in [0.2, 0.25) is 0 Å². The molecule has 3 rings (SSSR count). The van der Waals surface area contributed by atoms with Crippen LogP contribution in [0, 0.1) is 0 Å². The molecule has 0 unspecified atom stereocenters. The average molecular weight is 386 g/mol. The highest BCUT2D eigenvalue weighted by Crippen LogP contribution is 2.39. The maximum Gasteiger partial charge on any atom is 0.501 e. The molecule has 6 nitrogen and oxygen atoms in total. The molecule has 2 heterocycles. The Kier molecular flexibility index (Phi) is 3.98. The van der Waals surface area contributed by atoms with Crippen molar-refractivity contribution in [2.75, 3.05) is 0 Å². The van der Waals surface area contributed by atoms with Gasteiger partial charge in [-0.2, -0.15) is 13.2 Å². The van der Waals surface area contributed by atoms with Gasteiger partial charge in [-0.15, -0.1) is 0 Å². The van der Waals surface area contributed by atoms with E-state index in [1.807, 2.05) is 0 Å². The summed E-state index contributed by atoms with van der Waals surface area (Å²) in [4.78, 5) is 14.9. The Morgan fingerprint density at radius 3 is 2.54 bits per heavy atom. The molecule has 0 fully saturated rings. The molecule has 1 aliphatic heterocycles. The first-order valence-electron chi connectivity index (χ1n) is 7.33. The number of benzene rings is 1. The molecule has 10 heteroatoms. The molecule has 0 bridgehead atoms. The molecule has 138 valence electrons. The predicted octanol–water partition coefficient (Wildman–Crippen LogP) is 2.60. The lowest BCUT2D eigenvalue weighted by Gasteiger charge is -2.31. The van der Waals surface area contributed by atoms with Crippen LogP contribution in [0.15, 0.2) is 52.6 Å². The molecule has 26 heavy (non-hydrogen) atoms. The van der Waals surface area contributed by atoms with Crippen molar-refractivity contribution in [1.82, 2.24) is 9.55 Å². The number of sulfone groups is 1. The van der Waals surface area contributed by atoms with E-state index in [4.69, 9.17) is 4.74 Å². The Hall–Kier alpha value is -2.62. The van der Waals surface area contributed by atoms with Gasteiger partial charge in [0.05, 0.1) is 16.8 Å². The highest BCUT2D eigenvalue weighted by Gasteiger charge is 2.47. The molecule has 0 N–H and O–H groups in total. The van der Waals surface area contributed by atoms with Gasteiger partial charge in [0.2, 0.25) is 0 Å². The van der Waals surface area contributed by atoms with Crippen LogP contribution >= 0.6 is 0 Å². The van der Waals surface area contributed by atoms with Crippen molar-refractivity contribution >= 4 is 15.5 Å². The van der Waals surface area contributed by atoms with Crippen molar-refractivity contribution in [1.29, 1.82) is 0 Å². The van der Waals surface area contributed by atoms with Crippen LogP contribution in [0.1, 0.15) is 19.4 Å². The van der Waals surface area contributed by atoms with Gasteiger partial charge in [-0.25, -0.2) is 8.42 Å². The van der Waals surface area contributed by atoms with Gasteiger partial charge in [0, 0.05) is 18.0 Å². The van der Waals surface area contributed by atoms with Crippen molar-refractivity contribution in [3.8, 4) is 5.75 Å². The second-order valence-electron chi connectivity index (χ2n) is 6.13. The quantitative estimate of drug-likeness (QED) is 0.793. The molecule has 0 radical (unpaired) electrons. The maximum atomic E-state index is 12.9. The van der Waals surface area contributed by atoms with Crippen molar-refractivity contribution in [3.63, 3.8) is 0 Å². The number of hydrogen-bond acceptors (Lipinski definition) is 5. The summed E-state index contributed by atoms with van der Waals surface area (Å²) in [5.41, 5.74) is -6.56. The number of halogens is 3. The third-order valence-corrected chi connectivity index (χ3v) is 5.17. The third-order valence-electron chi connectivity index (χ3n) is 3.68. The van der Waals surface area contributed by atoms with Crippen LogP contribution in [-0.4, -0.2) is 29.1 Å². The molecule has 0 atom stereocenters. The SMILES string of the molecule is CC1(C)C=C(n2ccncc2=O)c2cc(S(=O)(=O)C(F)(F)F)ccc2O1. The number of rotatable bonds is 2. The highest BCUT2D eigenvalue weighted by atomic mass is 32.2. The topological polar surface area (TPSA) is 78.3 Å². The minimum Gasteiger partial charge on any atom is -0.483 e. The van der Waals surface area contributed by atoms with E-state index in [-0.39, 0.29) is 17.0 Å². The fourth-order valence-corrected chi connectivity index (χ4v) is 3.35. The number of alkyl halides is 3. The highest BCUT2D eigenvalue weighted by molar-refractivity contribution is 7.92. The molecular weight excluding hydrogens is 373 g/mol. The number of nitrogens with zero attached hydrogens (tertiary/aromatic N) is 2. The van der Waals surface area contributed by atoms with Gasteiger partial charge in [0.25, 0.3) is 15.4 Å². The summed E-state index contributed by atoms with van der Waals surface area (Å²) in [6.45, 7) is 3.39. The van der Waals surface area contributed by atoms with Gasteiger partial charge in [0.1, 0.15) is 11.4 Å². The number of ether oxygens (including phenoxy) is 1. The summed E-state index contributed by atoms with van der Waals surface area (Å²) in [6, 6.07) is 2.83. The zero-order valence-electron chi connectivity index (χ0n) is 13.6. The maximum absolute atomic E-state index is 12.9. The van der Waals surface area contributed by atoms with Crippen LogP contribution in [0.5, 0.6) is 5.75 Å². The first-order chi connectivity index (χ1) is 11.9. The smallest absolute Gasteiger partial charge is 0.483 e. The Labute approximate surface area is 146 Å². The summed E-state index contributed by atoms with van der Waals surface area (Å²) in [7, 11) is -5.54. The Morgan fingerprint density at radius 1 is 1.23 bits per heavy atom. The zero-order chi connectivity index (χ0) is 19.3. The summed E-state index contributed by atoms with van der Waals surface area (Å²) in [5.74, 6) is 0.164. The molecule has 2 aromatic rings. The van der Waals surface area contributed by atoms with E-state index in [9.17, 15) is 26.4 Å². The van der Waals surface area contributed by atoms with E-state index in [2.05, 4.69) is 4.98 Å². The molecule has 0 spiro atoms. The second kappa shape index (κ2) is 5.70. The molecule has 0 saturated heterocycles. The summed E-state index contributed by atoms with van der Waals surface area (Å²) >= 11 is 0. The number of aromatic nitrogens is 2. The molecule has 0 saturated carbocycles. The Morgan fingerprint density at radius 2 is 1.92 bits per heavy atom. The van der Waals surface area contributed by atoms with Crippen LogP contribution in [0.4, 0.5) is 13.2 Å². The van der Waals surface area contributed by atoms with E-state index in [0.717, 1.165) is 24.4 Å². The van der Waals surface area contributed by atoms with E-state index in [1.54, 1.807) is 13.8 Å². The van der Waals surface area contributed by atoms with Crippen LogP contribution in [0.25, 0.3) is 5.70 Å². The van der Waals surface area contributed by atoms with E-state index >= 15 is 0 Å². The van der Waals surface area contributed by atoms with Gasteiger partial charge in [-0.1, -0.05) is 0 Å². The lowest BCUT2D eigenvalue weighted by atomic mass is 9.99. The standard InChI is InChI=1S/C16H13F3N2O4S/c1-15(2)8-12(21-6-5-20-9-14(21)22)11-7-10(3-4-13(11)25-15)26(23,24)16(17,18)19/h3-9H,1-2H3. The monoisotopic (exact) mass is 386 g/mol. The lowest BCUT2D eigenvalue weighted by Crippen LogP contribution is -2.32. The van der Waals surface area contributed by atoms with E-state index < -0.39 is 31.4 Å². The zero-order valence-corrected chi connectivity index (χ0v) is 14.4. The number of hydrogen-bond donors (Lipinski definition) is 0. The fraction of sp³-hybridized carbons (Fsp3) is 0.250. The molecule has 1 aromatic carbocycles. The fourth-order valence-electron chi connectivity index (χ4n) is 2.56. The second-order valence-corrected chi connectivity index (χ2v) is 8.07. The van der Waals surface area contributed by atoms with Gasteiger partial charge >= 0.3 is 5.51 Å². The van der Waals surface area contributed by atoms with E-state index in [1.165, 1.54) is 23.0 Å². The minimum absolute atomic E-state index is 0.0583. The third kappa shape index (κ3) is 3.00. The lowest BCUT2D eigenvalue weighted by molar-refractivity contribution is -0.0436. The van der Waals surface area contributed by atoms with Crippen LogP contribution < -0.4 is 10.3 Å². The molecule has 1 aromatic heterocycles. The summed E-state index contributed by atoms with van der Waals surface area (Å²) in [5, 5.41) is 0. The van der Waals surface area contributed by atoms with Crippen LogP contribution in [0.3, 0.4) is 0 Å². The van der Waals surface area contributed by atoms with Gasteiger partial charge < -0.3 is 4.74 Å². The van der Waals surface area contributed by atoms with Gasteiger partial charge in [0.15, 0.2) is 0 Å². The Bertz CT molecular complexity index is 1070. The van der Waals surface area contributed by atoms with Crippen molar-refractivity contribution in [3.05, 3.63) is 58.8 Å². The van der Waals surface area contributed by atoms with Crippen molar-refractivity contribution in [2.24, 2.45) is 0 Å². The first-order valence-corrected chi connectivity index (χ1v) is 8.81. The minimum atomic E-state index is -5.54. The Balaban J connectivity index is 2.27. The number of fused-ring (bicyclic) bond motifs is 1. The van der Waals surface area contributed by atoms with Crippen LogP contribution in [-0.2, 0) is 9.84 Å². The molecule has 1 aliphatic rings. The molecule has 0 aliphatic carbocycles. The van der Waals surface area contributed by atoms with Gasteiger partial charge in [-0.3, -0.25) is 14.3 Å². The summed E-state index contributed by atoms with van der Waals surface area (Å²) in [6.07, 6.45) is 5.24. The first kappa shape index (κ1) is 18.2. The van der Waals surface area contributed by atoms with E-state index in [0.29, 0.717) is 0 Å². The predicted molar refractivity (Wildman–Crippen MR) is 86.3 cm³/mol. The largest absolute Gasteiger partial charge is 0.501 e. The molecule has 0 amide bonds. The van der Waals surface area contributed by atoms with Gasteiger partial charge in [-0.05, 0) is 38.1 Å². The van der Waals surface area contributed by atoms with Crippen molar-refractivity contribution < 1.29 is 26.3 Å². The molecular formula is C16H13F3N2O4S. The normalized spacial score (nSPS) is 16.4.